The van der Waals surface area contributed by atoms with Gasteiger partial charge in [0.05, 0.1) is 0 Å². The van der Waals surface area contributed by atoms with Gasteiger partial charge in [-0.3, -0.25) is 0 Å². The van der Waals surface area contributed by atoms with E-state index in [2.05, 4.69) is 44.0 Å². The Morgan fingerprint density at radius 3 is 2.73 bits per heavy atom. The van der Waals surface area contributed by atoms with Gasteiger partial charge < -0.3 is 10.7 Å². The van der Waals surface area contributed by atoms with Crippen LogP contribution in [0.3, 0.4) is 0 Å². The van der Waals surface area contributed by atoms with E-state index in [4.69, 9.17) is 5.73 Å². The van der Waals surface area contributed by atoms with Crippen LogP contribution in [0.1, 0.15) is 25.0 Å². The number of benzene rings is 1. The van der Waals surface area contributed by atoms with Crippen molar-refractivity contribution in [1.82, 2.24) is 4.98 Å². The Kier molecular flexibility index (Phi) is 2.31. The Balaban J connectivity index is 2.45. The van der Waals surface area contributed by atoms with E-state index in [9.17, 15) is 0 Å². The maximum absolute atomic E-state index is 6.03. The molecule has 3 N–H and O–H groups in total. The molecule has 0 amide bonds. The quantitative estimate of drug-likeness (QED) is 0.772. The summed E-state index contributed by atoms with van der Waals surface area (Å²) in [4.78, 5) is 3.25. The lowest BCUT2D eigenvalue weighted by atomic mass is 9.94. The SMILES string of the molecule is Cc1cc(CC(C)(C)N)cc2cc[nH]c12. The normalized spacial score (nSPS) is 12.3. The third-order valence-electron chi connectivity index (χ3n) is 2.58. The molecule has 0 radical (unpaired) electrons. The fraction of sp³-hybridized carbons (Fsp3) is 0.385. The highest BCUT2D eigenvalue weighted by molar-refractivity contribution is 5.83. The molecule has 0 spiro atoms. The number of fused-ring (bicyclic) bond motifs is 1. The van der Waals surface area contributed by atoms with E-state index in [1.165, 1.54) is 22.0 Å². The zero-order valence-corrected chi connectivity index (χ0v) is 9.59. The molecule has 0 fully saturated rings. The zero-order chi connectivity index (χ0) is 11.1. The van der Waals surface area contributed by atoms with Gasteiger partial charge in [0.1, 0.15) is 0 Å². The summed E-state index contributed by atoms with van der Waals surface area (Å²) in [5.41, 5.74) is 9.72. The smallest absolute Gasteiger partial charge is 0.0483 e. The standard InChI is InChI=1S/C13H18N2/c1-9-6-10(8-13(2,3)14)7-11-4-5-15-12(9)11/h4-7,15H,8,14H2,1-3H3. The van der Waals surface area contributed by atoms with Crippen LogP contribution in [0.15, 0.2) is 24.4 Å². The Morgan fingerprint density at radius 2 is 2.07 bits per heavy atom. The maximum atomic E-state index is 6.03. The molecule has 0 saturated heterocycles. The zero-order valence-electron chi connectivity index (χ0n) is 9.59. The molecular formula is C13H18N2. The fourth-order valence-corrected chi connectivity index (χ4v) is 2.06. The van der Waals surface area contributed by atoms with Crippen molar-refractivity contribution >= 4 is 10.9 Å². The Labute approximate surface area is 90.5 Å². The van der Waals surface area contributed by atoms with Crippen molar-refractivity contribution in [3.05, 3.63) is 35.5 Å². The Morgan fingerprint density at radius 1 is 1.33 bits per heavy atom. The van der Waals surface area contributed by atoms with Gasteiger partial charge in [0.15, 0.2) is 0 Å². The van der Waals surface area contributed by atoms with Crippen LogP contribution in [-0.4, -0.2) is 10.5 Å². The predicted molar refractivity (Wildman–Crippen MR) is 65.0 cm³/mol. The number of aromatic nitrogens is 1. The molecule has 2 rings (SSSR count). The lowest BCUT2D eigenvalue weighted by Gasteiger charge is -2.18. The summed E-state index contributed by atoms with van der Waals surface area (Å²) in [5, 5.41) is 1.27. The predicted octanol–water partition coefficient (Wildman–Crippen LogP) is 2.76. The van der Waals surface area contributed by atoms with Crippen molar-refractivity contribution in [2.75, 3.05) is 0 Å². The minimum absolute atomic E-state index is 0.142. The summed E-state index contributed by atoms with van der Waals surface area (Å²) in [6.07, 6.45) is 2.89. The third kappa shape index (κ3) is 2.21. The van der Waals surface area contributed by atoms with Crippen LogP contribution in [0.4, 0.5) is 0 Å². The molecule has 2 aromatic rings. The van der Waals surface area contributed by atoms with Gasteiger partial charge in [0, 0.05) is 17.3 Å². The average Bonchev–Trinajstić information content (AvgIpc) is 2.48. The van der Waals surface area contributed by atoms with Crippen molar-refractivity contribution in [1.29, 1.82) is 0 Å². The van der Waals surface area contributed by atoms with Crippen molar-refractivity contribution in [3.8, 4) is 0 Å². The minimum Gasteiger partial charge on any atom is -0.361 e. The molecule has 0 aliphatic rings. The highest BCUT2D eigenvalue weighted by Gasteiger charge is 2.12. The lowest BCUT2D eigenvalue weighted by Crippen LogP contribution is -2.34. The van der Waals surface area contributed by atoms with Gasteiger partial charge in [0.2, 0.25) is 0 Å². The van der Waals surface area contributed by atoms with Crippen LogP contribution in [0.2, 0.25) is 0 Å². The van der Waals surface area contributed by atoms with E-state index in [-0.39, 0.29) is 5.54 Å². The van der Waals surface area contributed by atoms with E-state index >= 15 is 0 Å². The summed E-state index contributed by atoms with van der Waals surface area (Å²) >= 11 is 0. The Hall–Kier alpha value is -1.28. The number of rotatable bonds is 2. The minimum atomic E-state index is -0.142. The van der Waals surface area contributed by atoms with Crippen LogP contribution in [0.5, 0.6) is 0 Å². The van der Waals surface area contributed by atoms with Gasteiger partial charge >= 0.3 is 0 Å². The second-order valence-electron chi connectivity index (χ2n) is 5.02. The molecule has 0 saturated carbocycles. The Bertz CT molecular complexity index is 475. The van der Waals surface area contributed by atoms with Crippen molar-refractivity contribution in [3.63, 3.8) is 0 Å². The second kappa shape index (κ2) is 3.38. The summed E-state index contributed by atoms with van der Waals surface area (Å²) in [7, 11) is 0. The number of nitrogens with one attached hydrogen (secondary N) is 1. The van der Waals surface area contributed by atoms with E-state index in [1.54, 1.807) is 0 Å². The number of hydrogen-bond donors (Lipinski definition) is 2. The molecule has 0 bridgehead atoms. The molecule has 2 nitrogen and oxygen atoms in total. The summed E-state index contributed by atoms with van der Waals surface area (Å²) in [6.45, 7) is 6.25. The van der Waals surface area contributed by atoms with Crippen molar-refractivity contribution < 1.29 is 0 Å². The van der Waals surface area contributed by atoms with Gasteiger partial charge in [-0.05, 0) is 55.8 Å². The number of aryl methyl sites for hydroxylation is 1. The highest BCUT2D eigenvalue weighted by atomic mass is 14.7. The van der Waals surface area contributed by atoms with Crippen molar-refractivity contribution in [2.24, 2.45) is 5.73 Å². The number of aromatic amines is 1. The molecule has 0 aliphatic heterocycles. The molecule has 1 aromatic heterocycles. The van der Waals surface area contributed by atoms with Crippen LogP contribution in [0.25, 0.3) is 10.9 Å². The monoisotopic (exact) mass is 202 g/mol. The molecular weight excluding hydrogens is 184 g/mol. The summed E-state index contributed by atoms with van der Waals surface area (Å²) in [6, 6.07) is 6.54. The molecule has 15 heavy (non-hydrogen) atoms. The van der Waals surface area contributed by atoms with Gasteiger partial charge in [-0.2, -0.15) is 0 Å². The van der Waals surface area contributed by atoms with E-state index < -0.39 is 0 Å². The number of H-pyrrole nitrogens is 1. The molecule has 0 atom stereocenters. The van der Waals surface area contributed by atoms with Crippen molar-refractivity contribution in [2.45, 2.75) is 32.7 Å². The van der Waals surface area contributed by atoms with Crippen LogP contribution in [-0.2, 0) is 6.42 Å². The van der Waals surface area contributed by atoms with Gasteiger partial charge in [-0.25, -0.2) is 0 Å². The molecule has 0 unspecified atom stereocenters. The first-order valence-corrected chi connectivity index (χ1v) is 5.31. The van der Waals surface area contributed by atoms with Crippen LogP contribution >= 0.6 is 0 Å². The van der Waals surface area contributed by atoms with E-state index in [0.29, 0.717) is 0 Å². The first-order valence-electron chi connectivity index (χ1n) is 5.31. The van der Waals surface area contributed by atoms with Gasteiger partial charge in [0.25, 0.3) is 0 Å². The van der Waals surface area contributed by atoms with Crippen LogP contribution < -0.4 is 5.73 Å². The number of hydrogen-bond acceptors (Lipinski definition) is 1. The van der Waals surface area contributed by atoms with E-state index in [1.807, 2.05) is 6.20 Å². The first-order chi connectivity index (χ1) is 6.96. The average molecular weight is 202 g/mol. The second-order valence-corrected chi connectivity index (χ2v) is 5.02. The number of nitrogens with two attached hydrogens (primary N) is 1. The summed E-state index contributed by atoms with van der Waals surface area (Å²) in [5.74, 6) is 0. The molecule has 0 aliphatic carbocycles. The highest BCUT2D eigenvalue weighted by Crippen LogP contribution is 2.21. The largest absolute Gasteiger partial charge is 0.361 e. The molecule has 2 heteroatoms. The summed E-state index contributed by atoms with van der Waals surface area (Å²) < 4.78 is 0. The molecule has 80 valence electrons. The van der Waals surface area contributed by atoms with E-state index in [0.717, 1.165) is 6.42 Å². The lowest BCUT2D eigenvalue weighted by molar-refractivity contribution is 0.517. The molecule has 1 aromatic carbocycles. The van der Waals surface area contributed by atoms with Gasteiger partial charge in [-0.1, -0.05) is 6.07 Å². The first kappa shape index (κ1) is 10.2. The van der Waals surface area contributed by atoms with Crippen LogP contribution in [0, 0.1) is 6.92 Å². The topological polar surface area (TPSA) is 41.8 Å². The maximum Gasteiger partial charge on any atom is 0.0483 e. The fourth-order valence-electron chi connectivity index (χ4n) is 2.06. The van der Waals surface area contributed by atoms with Gasteiger partial charge in [-0.15, -0.1) is 0 Å². The third-order valence-corrected chi connectivity index (χ3v) is 2.58. The molecule has 1 heterocycles.